The Hall–Kier alpha value is -2.07. The Bertz CT molecular complexity index is 790. The monoisotopic (exact) mass is 355 g/mol. The van der Waals surface area contributed by atoms with Gasteiger partial charge in [0.2, 0.25) is 0 Å². The van der Waals surface area contributed by atoms with Gasteiger partial charge >= 0.3 is 0 Å². The highest BCUT2D eigenvalue weighted by atomic mass is 32.1. The van der Waals surface area contributed by atoms with E-state index in [-0.39, 0.29) is 11.2 Å². The van der Waals surface area contributed by atoms with Crippen molar-refractivity contribution in [3.8, 4) is 5.75 Å². The molecular weight excluding hydrogens is 330 g/mol. The molecule has 0 unspecified atom stereocenters. The van der Waals surface area contributed by atoms with Gasteiger partial charge in [0, 0.05) is 35.5 Å². The van der Waals surface area contributed by atoms with Crippen molar-refractivity contribution in [2.45, 2.75) is 39.0 Å². The van der Waals surface area contributed by atoms with Crippen LogP contribution in [-0.2, 0) is 5.41 Å². The fourth-order valence-electron chi connectivity index (χ4n) is 3.42. The molecule has 0 spiro atoms. The van der Waals surface area contributed by atoms with E-state index in [1.165, 1.54) is 16.9 Å². The standard InChI is InChI=1S/C21H25NO2S/c1-5-6-11-22-17-13-15(24-4)9-10-16(17)21(2,3)20(22)14-18(23)19-8-7-12-25-19/h7-10,12-14H,5-6,11H2,1-4H3. The fraction of sp³-hybridized carbons (Fsp3) is 0.381. The average Bonchev–Trinajstić information content (AvgIpc) is 3.20. The van der Waals surface area contributed by atoms with Crippen molar-refractivity contribution in [1.82, 2.24) is 0 Å². The third-order valence-corrected chi connectivity index (χ3v) is 5.75. The van der Waals surface area contributed by atoms with E-state index in [2.05, 4.69) is 37.8 Å². The molecule has 2 aromatic rings. The molecule has 0 aliphatic carbocycles. The van der Waals surface area contributed by atoms with Crippen LogP contribution in [0.25, 0.3) is 0 Å². The highest BCUT2D eigenvalue weighted by Crippen LogP contribution is 2.49. The zero-order valence-corrected chi connectivity index (χ0v) is 16.2. The molecule has 0 saturated carbocycles. The highest BCUT2D eigenvalue weighted by Gasteiger charge is 2.40. The van der Waals surface area contributed by atoms with Crippen molar-refractivity contribution >= 4 is 22.8 Å². The van der Waals surface area contributed by atoms with Crippen molar-refractivity contribution < 1.29 is 9.53 Å². The topological polar surface area (TPSA) is 29.5 Å². The summed E-state index contributed by atoms with van der Waals surface area (Å²) in [6, 6.07) is 10.0. The normalized spacial score (nSPS) is 17.0. The molecule has 0 N–H and O–H groups in total. The summed E-state index contributed by atoms with van der Waals surface area (Å²) >= 11 is 1.49. The van der Waals surface area contributed by atoms with Crippen molar-refractivity contribution in [1.29, 1.82) is 0 Å². The molecule has 132 valence electrons. The third-order valence-electron chi connectivity index (χ3n) is 4.87. The lowest BCUT2D eigenvalue weighted by Crippen LogP contribution is -2.28. The summed E-state index contributed by atoms with van der Waals surface area (Å²) in [5.41, 5.74) is 3.27. The molecule has 25 heavy (non-hydrogen) atoms. The predicted molar refractivity (Wildman–Crippen MR) is 105 cm³/mol. The third kappa shape index (κ3) is 3.23. The summed E-state index contributed by atoms with van der Waals surface area (Å²) in [5.74, 6) is 0.932. The first-order valence-electron chi connectivity index (χ1n) is 8.75. The predicted octanol–water partition coefficient (Wildman–Crippen LogP) is 5.42. The lowest BCUT2D eigenvalue weighted by atomic mass is 9.83. The van der Waals surface area contributed by atoms with Crippen LogP contribution in [0.4, 0.5) is 5.69 Å². The molecule has 3 nitrogen and oxygen atoms in total. The van der Waals surface area contributed by atoms with Gasteiger partial charge in [-0.15, -0.1) is 11.3 Å². The second kappa shape index (κ2) is 7.04. The number of thiophene rings is 1. The smallest absolute Gasteiger partial charge is 0.197 e. The van der Waals surface area contributed by atoms with E-state index < -0.39 is 0 Å². The maximum atomic E-state index is 12.7. The van der Waals surface area contributed by atoms with E-state index in [9.17, 15) is 4.79 Å². The zero-order valence-electron chi connectivity index (χ0n) is 15.3. The summed E-state index contributed by atoms with van der Waals surface area (Å²) in [6.45, 7) is 7.48. The quantitative estimate of drug-likeness (QED) is 0.512. The molecule has 0 saturated heterocycles. The summed E-state index contributed by atoms with van der Waals surface area (Å²) < 4.78 is 5.42. The number of carbonyl (C=O) groups is 1. The van der Waals surface area contributed by atoms with E-state index in [4.69, 9.17) is 4.74 Å². The summed E-state index contributed by atoms with van der Waals surface area (Å²) in [7, 11) is 1.69. The van der Waals surface area contributed by atoms with Crippen molar-refractivity contribution in [2.75, 3.05) is 18.6 Å². The van der Waals surface area contributed by atoms with Crippen LogP contribution in [-0.4, -0.2) is 19.4 Å². The molecule has 1 aromatic carbocycles. The van der Waals surface area contributed by atoms with Crippen LogP contribution in [0, 0.1) is 0 Å². The minimum atomic E-state index is -0.206. The molecule has 0 bridgehead atoms. The van der Waals surface area contributed by atoms with Crippen LogP contribution in [0.1, 0.15) is 48.8 Å². The average molecular weight is 356 g/mol. The van der Waals surface area contributed by atoms with Gasteiger partial charge in [0.15, 0.2) is 5.78 Å². The molecule has 0 atom stereocenters. The van der Waals surface area contributed by atoms with Crippen molar-refractivity contribution in [2.24, 2.45) is 0 Å². The molecule has 2 heterocycles. The summed E-state index contributed by atoms with van der Waals surface area (Å²) in [4.78, 5) is 15.8. The first-order valence-corrected chi connectivity index (χ1v) is 9.63. The van der Waals surface area contributed by atoms with Gasteiger partial charge in [-0.3, -0.25) is 4.79 Å². The van der Waals surface area contributed by atoms with E-state index in [0.29, 0.717) is 0 Å². The number of hydrogen-bond donors (Lipinski definition) is 0. The molecule has 4 heteroatoms. The molecule has 1 aliphatic rings. The number of unbranched alkanes of at least 4 members (excludes halogenated alkanes) is 1. The maximum Gasteiger partial charge on any atom is 0.197 e. The molecule has 0 radical (unpaired) electrons. The Labute approximate surface area is 153 Å². The molecule has 1 aromatic heterocycles. The number of benzene rings is 1. The van der Waals surface area contributed by atoms with E-state index in [1.807, 2.05) is 29.7 Å². The lowest BCUT2D eigenvalue weighted by Gasteiger charge is -2.27. The minimum Gasteiger partial charge on any atom is -0.497 e. The van der Waals surface area contributed by atoms with Gasteiger partial charge in [0.05, 0.1) is 12.0 Å². The molecule has 1 aliphatic heterocycles. The van der Waals surface area contributed by atoms with E-state index in [0.717, 1.165) is 41.4 Å². The Morgan fingerprint density at radius 2 is 2.12 bits per heavy atom. The van der Waals surface area contributed by atoms with Gasteiger partial charge < -0.3 is 9.64 Å². The van der Waals surface area contributed by atoms with Crippen LogP contribution < -0.4 is 9.64 Å². The second-order valence-electron chi connectivity index (χ2n) is 6.88. The second-order valence-corrected chi connectivity index (χ2v) is 7.83. The van der Waals surface area contributed by atoms with Crippen LogP contribution in [0.15, 0.2) is 47.5 Å². The van der Waals surface area contributed by atoms with Crippen molar-refractivity contribution in [3.05, 3.63) is 57.9 Å². The number of rotatable bonds is 6. The Morgan fingerprint density at radius 1 is 1.32 bits per heavy atom. The van der Waals surface area contributed by atoms with Gasteiger partial charge in [-0.1, -0.05) is 39.3 Å². The number of ketones is 1. The van der Waals surface area contributed by atoms with E-state index in [1.54, 1.807) is 7.11 Å². The van der Waals surface area contributed by atoms with Crippen molar-refractivity contribution in [3.63, 3.8) is 0 Å². The molecule has 0 fully saturated rings. The van der Waals surface area contributed by atoms with Crippen LogP contribution in [0.3, 0.4) is 0 Å². The zero-order chi connectivity index (χ0) is 18.0. The largest absolute Gasteiger partial charge is 0.497 e. The summed E-state index contributed by atoms with van der Waals surface area (Å²) in [6.07, 6.45) is 4.02. The van der Waals surface area contributed by atoms with Gasteiger partial charge in [0.1, 0.15) is 5.75 Å². The van der Waals surface area contributed by atoms with Crippen LogP contribution in [0.2, 0.25) is 0 Å². The number of carbonyl (C=O) groups excluding carboxylic acids is 1. The number of methoxy groups -OCH3 is 1. The minimum absolute atomic E-state index is 0.0827. The van der Waals surface area contributed by atoms with Gasteiger partial charge in [-0.25, -0.2) is 0 Å². The number of hydrogen-bond acceptors (Lipinski definition) is 4. The fourth-order valence-corrected chi connectivity index (χ4v) is 4.06. The molecule has 0 amide bonds. The van der Waals surface area contributed by atoms with Crippen LogP contribution >= 0.6 is 11.3 Å². The SMILES string of the molecule is CCCCN1C(=CC(=O)c2cccs2)C(C)(C)c2ccc(OC)cc21. The Morgan fingerprint density at radius 3 is 2.76 bits per heavy atom. The number of fused-ring (bicyclic) bond motifs is 1. The van der Waals surface area contributed by atoms with Gasteiger partial charge in [0.25, 0.3) is 0 Å². The van der Waals surface area contributed by atoms with Gasteiger partial charge in [-0.2, -0.15) is 0 Å². The van der Waals surface area contributed by atoms with Crippen LogP contribution in [0.5, 0.6) is 5.75 Å². The number of ether oxygens (including phenoxy) is 1. The Kier molecular flexibility index (Phi) is 5.00. The highest BCUT2D eigenvalue weighted by molar-refractivity contribution is 7.12. The number of anilines is 1. The Balaban J connectivity index is 2.07. The first kappa shape index (κ1) is 17.7. The van der Waals surface area contributed by atoms with Gasteiger partial charge in [-0.05, 0) is 29.5 Å². The molecular formula is C21H25NO2S. The number of nitrogens with zero attached hydrogens (tertiary/aromatic N) is 1. The summed E-state index contributed by atoms with van der Waals surface area (Å²) in [5, 5.41) is 1.94. The molecule has 3 rings (SSSR count). The maximum absolute atomic E-state index is 12.7. The lowest BCUT2D eigenvalue weighted by molar-refractivity contribution is 0.104. The first-order chi connectivity index (χ1) is 12.0. The van der Waals surface area contributed by atoms with E-state index >= 15 is 0 Å². The number of allylic oxidation sites excluding steroid dienone is 2.